The topological polar surface area (TPSA) is 56.8 Å². The van der Waals surface area contributed by atoms with Gasteiger partial charge in [0.25, 0.3) is 5.91 Å². The molecule has 0 spiro atoms. The summed E-state index contributed by atoms with van der Waals surface area (Å²) in [5, 5.41) is 6.54. The molecule has 2 N–H and O–H groups in total. The normalized spacial score (nSPS) is 18.4. The molecule has 0 bridgehead atoms. The molecule has 2 heterocycles. The van der Waals surface area contributed by atoms with Crippen LogP contribution in [-0.2, 0) is 0 Å². The summed E-state index contributed by atoms with van der Waals surface area (Å²) in [6.45, 7) is 4.79. The molecule has 0 radical (unpaired) electrons. The van der Waals surface area contributed by atoms with Gasteiger partial charge in [0.2, 0.25) is 0 Å². The van der Waals surface area contributed by atoms with Crippen LogP contribution in [0.1, 0.15) is 10.4 Å². The lowest BCUT2D eigenvalue weighted by Crippen LogP contribution is -2.46. The molecule has 0 saturated carbocycles. The zero-order valence-corrected chi connectivity index (χ0v) is 12.8. The van der Waals surface area contributed by atoms with Crippen molar-refractivity contribution < 1.29 is 9.53 Å². The van der Waals surface area contributed by atoms with E-state index in [9.17, 15) is 4.79 Å². The number of ether oxygens (including phenoxy) is 1. The standard InChI is InChI=1S/C16H22N4O2/c1-22-15-4-3-13(16(21)19-9-6-17-7-10-19)11-14(15)20-8-2-5-18-12-20/h2-4,8,11,17-18H,5-7,9-10,12H2,1H3. The highest BCUT2D eigenvalue weighted by Crippen LogP contribution is 2.30. The van der Waals surface area contributed by atoms with E-state index >= 15 is 0 Å². The lowest BCUT2D eigenvalue weighted by molar-refractivity contribution is 0.0736. The summed E-state index contributed by atoms with van der Waals surface area (Å²) in [7, 11) is 1.65. The van der Waals surface area contributed by atoms with Gasteiger partial charge in [-0.25, -0.2) is 0 Å². The first-order valence-electron chi connectivity index (χ1n) is 7.61. The highest BCUT2D eigenvalue weighted by atomic mass is 16.5. The number of anilines is 1. The number of benzene rings is 1. The van der Waals surface area contributed by atoms with Gasteiger partial charge < -0.3 is 19.9 Å². The molecule has 1 saturated heterocycles. The van der Waals surface area contributed by atoms with E-state index in [1.54, 1.807) is 7.11 Å². The highest BCUT2D eigenvalue weighted by molar-refractivity contribution is 5.96. The average Bonchev–Trinajstić information content (AvgIpc) is 2.62. The van der Waals surface area contributed by atoms with Crippen LogP contribution < -0.4 is 20.3 Å². The number of nitrogens with one attached hydrogen (secondary N) is 2. The fourth-order valence-electron chi connectivity index (χ4n) is 2.76. The van der Waals surface area contributed by atoms with Gasteiger partial charge in [-0.1, -0.05) is 6.08 Å². The van der Waals surface area contributed by atoms with Crippen LogP contribution in [0.3, 0.4) is 0 Å². The molecule has 2 aliphatic rings. The molecular weight excluding hydrogens is 280 g/mol. The maximum atomic E-state index is 12.6. The molecule has 1 fully saturated rings. The maximum Gasteiger partial charge on any atom is 0.254 e. The van der Waals surface area contributed by atoms with Crippen LogP contribution in [0.25, 0.3) is 0 Å². The predicted octanol–water partition coefficient (Wildman–Crippen LogP) is 0.621. The first kappa shape index (κ1) is 14.9. The molecule has 0 atom stereocenters. The van der Waals surface area contributed by atoms with E-state index in [2.05, 4.69) is 15.5 Å². The molecule has 118 valence electrons. The number of nitrogens with zero attached hydrogens (tertiary/aromatic N) is 2. The Balaban J connectivity index is 1.87. The Morgan fingerprint density at radius 2 is 2.05 bits per heavy atom. The van der Waals surface area contributed by atoms with Gasteiger partial charge in [-0.3, -0.25) is 10.1 Å². The zero-order chi connectivity index (χ0) is 15.4. The van der Waals surface area contributed by atoms with Crippen molar-refractivity contribution >= 4 is 11.6 Å². The first-order valence-corrected chi connectivity index (χ1v) is 7.61. The fraction of sp³-hybridized carbons (Fsp3) is 0.438. The molecule has 6 heteroatoms. The van der Waals surface area contributed by atoms with Gasteiger partial charge in [0.05, 0.1) is 19.5 Å². The Labute approximate surface area is 130 Å². The zero-order valence-electron chi connectivity index (χ0n) is 12.8. The summed E-state index contributed by atoms with van der Waals surface area (Å²) < 4.78 is 5.44. The average molecular weight is 302 g/mol. The van der Waals surface area contributed by atoms with Crippen molar-refractivity contribution in [3.8, 4) is 5.75 Å². The highest BCUT2D eigenvalue weighted by Gasteiger charge is 2.20. The van der Waals surface area contributed by atoms with Gasteiger partial charge in [0, 0.05) is 44.5 Å². The van der Waals surface area contributed by atoms with Gasteiger partial charge in [-0.2, -0.15) is 0 Å². The summed E-state index contributed by atoms with van der Waals surface area (Å²) in [4.78, 5) is 16.6. The third-order valence-electron chi connectivity index (χ3n) is 3.97. The van der Waals surface area contributed by atoms with Crippen LogP contribution in [0.2, 0.25) is 0 Å². The largest absolute Gasteiger partial charge is 0.495 e. The second-order valence-electron chi connectivity index (χ2n) is 5.40. The van der Waals surface area contributed by atoms with Crippen molar-refractivity contribution in [2.24, 2.45) is 0 Å². The van der Waals surface area contributed by atoms with Gasteiger partial charge in [-0.05, 0) is 18.2 Å². The van der Waals surface area contributed by atoms with Crippen LogP contribution in [0, 0.1) is 0 Å². The number of carbonyl (C=O) groups is 1. The van der Waals surface area contributed by atoms with Crippen molar-refractivity contribution in [2.45, 2.75) is 0 Å². The number of carbonyl (C=O) groups excluding carboxylic acids is 1. The van der Waals surface area contributed by atoms with Crippen LogP contribution in [0.5, 0.6) is 5.75 Å². The van der Waals surface area contributed by atoms with Crippen molar-refractivity contribution in [1.82, 2.24) is 15.5 Å². The second kappa shape index (κ2) is 6.81. The summed E-state index contributed by atoms with van der Waals surface area (Å²) in [5.41, 5.74) is 1.61. The Morgan fingerprint density at radius 3 is 2.73 bits per heavy atom. The molecule has 1 aromatic rings. The summed E-state index contributed by atoms with van der Waals surface area (Å²) in [5.74, 6) is 0.851. The Kier molecular flexibility index (Phi) is 4.60. The Bertz CT molecular complexity index is 567. The molecule has 0 aliphatic carbocycles. The van der Waals surface area contributed by atoms with Crippen LogP contribution in [0.15, 0.2) is 30.5 Å². The van der Waals surface area contributed by atoms with E-state index in [0.717, 1.165) is 44.2 Å². The minimum absolute atomic E-state index is 0.0827. The van der Waals surface area contributed by atoms with Crippen molar-refractivity contribution in [2.75, 3.05) is 51.4 Å². The molecule has 0 aromatic heterocycles. The fourth-order valence-corrected chi connectivity index (χ4v) is 2.76. The van der Waals surface area contributed by atoms with E-state index in [1.807, 2.05) is 35.4 Å². The Morgan fingerprint density at radius 1 is 1.23 bits per heavy atom. The molecule has 1 amide bonds. The van der Waals surface area contributed by atoms with Gasteiger partial charge in [0.15, 0.2) is 0 Å². The van der Waals surface area contributed by atoms with Crippen LogP contribution in [-0.4, -0.2) is 57.3 Å². The minimum atomic E-state index is 0.0827. The van der Waals surface area contributed by atoms with E-state index in [4.69, 9.17) is 4.74 Å². The molecule has 1 aromatic carbocycles. The number of rotatable bonds is 3. The molecule has 3 rings (SSSR count). The predicted molar refractivity (Wildman–Crippen MR) is 86.3 cm³/mol. The van der Waals surface area contributed by atoms with Crippen molar-refractivity contribution in [3.63, 3.8) is 0 Å². The molecule has 0 unspecified atom stereocenters. The number of methoxy groups -OCH3 is 1. The van der Waals surface area contributed by atoms with Gasteiger partial charge in [0.1, 0.15) is 5.75 Å². The maximum absolute atomic E-state index is 12.6. The molecule has 2 aliphatic heterocycles. The van der Waals surface area contributed by atoms with Crippen LogP contribution >= 0.6 is 0 Å². The monoisotopic (exact) mass is 302 g/mol. The van der Waals surface area contributed by atoms with Gasteiger partial charge in [-0.15, -0.1) is 0 Å². The quantitative estimate of drug-likeness (QED) is 0.857. The summed E-state index contributed by atoms with van der Waals surface area (Å²) >= 11 is 0. The summed E-state index contributed by atoms with van der Waals surface area (Å²) in [6.07, 6.45) is 4.07. The second-order valence-corrected chi connectivity index (χ2v) is 5.40. The van der Waals surface area contributed by atoms with Crippen molar-refractivity contribution in [1.29, 1.82) is 0 Å². The van der Waals surface area contributed by atoms with E-state index < -0.39 is 0 Å². The lowest BCUT2D eigenvalue weighted by atomic mass is 10.1. The first-order chi connectivity index (χ1) is 10.8. The van der Waals surface area contributed by atoms with Crippen LogP contribution in [0.4, 0.5) is 5.69 Å². The number of amides is 1. The number of hydrogen-bond acceptors (Lipinski definition) is 5. The van der Waals surface area contributed by atoms with E-state index in [0.29, 0.717) is 12.2 Å². The third-order valence-corrected chi connectivity index (χ3v) is 3.97. The number of hydrogen-bond donors (Lipinski definition) is 2. The lowest BCUT2D eigenvalue weighted by Gasteiger charge is -2.29. The molecule has 6 nitrogen and oxygen atoms in total. The number of piperazine rings is 1. The van der Waals surface area contributed by atoms with E-state index in [1.165, 1.54) is 0 Å². The molecular formula is C16H22N4O2. The Hall–Kier alpha value is -2.05. The van der Waals surface area contributed by atoms with Gasteiger partial charge >= 0.3 is 0 Å². The smallest absolute Gasteiger partial charge is 0.254 e. The van der Waals surface area contributed by atoms with E-state index in [-0.39, 0.29) is 5.91 Å². The molecule has 22 heavy (non-hydrogen) atoms. The summed E-state index contributed by atoms with van der Waals surface area (Å²) in [6, 6.07) is 5.63. The third kappa shape index (κ3) is 3.08. The SMILES string of the molecule is COc1ccc(C(=O)N2CCNCC2)cc1N1C=CCNC1. The van der Waals surface area contributed by atoms with Crippen molar-refractivity contribution in [3.05, 3.63) is 36.0 Å². The minimum Gasteiger partial charge on any atom is -0.495 e.